The Labute approximate surface area is 121 Å². The van der Waals surface area contributed by atoms with E-state index in [1.54, 1.807) is 12.1 Å². The number of hydrogen-bond donors (Lipinski definition) is 1. The highest BCUT2D eigenvalue weighted by Crippen LogP contribution is 2.26. The molecule has 0 amide bonds. The fraction of sp³-hybridized carbons (Fsp3) is 0.0769. The maximum atomic E-state index is 12.2. The smallest absolute Gasteiger partial charge is 0.293 e. The largest absolute Gasteiger partial charge is 1.00 e. The average Bonchev–Trinajstić information content (AvgIpc) is 2.39. The minimum absolute atomic E-state index is 0. The molecule has 0 unspecified atom stereocenters. The van der Waals surface area contributed by atoms with Crippen molar-refractivity contribution < 1.29 is 18.0 Å². The molecule has 1 N–H and O–H groups in total. The van der Waals surface area contributed by atoms with Crippen LogP contribution in [0.1, 0.15) is 5.56 Å². The topological polar surface area (TPSA) is 89.3 Å². The van der Waals surface area contributed by atoms with Crippen LogP contribution < -0.4 is 9.43 Å². The van der Waals surface area contributed by atoms with Crippen molar-refractivity contribution in [1.82, 2.24) is 0 Å². The van der Waals surface area contributed by atoms with Gasteiger partial charge in [-0.1, -0.05) is 29.8 Å². The number of benzene rings is 2. The van der Waals surface area contributed by atoms with Crippen molar-refractivity contribution in [3.63, 3.8) is 0 Å². The maximum Gasteiger partial charge on any atom is 0.293 e. The fourth-order valence-electron chi connectivity index (χ4n) is 1.64. The van der Waals surface area contributed by atoms with E-state index in [0.29, 0.717) is 0 Å². The highest BCUT2D eigenvalue weighted by Gasteiger charge is 2.19. The second-order valence-corrected chi connectivity index (χ2v) is 5.88. The zero-order chi connectivity index (χ0) is 14.8. The summed E-state index contributed by atoms with van der Waals surface area (Å²) in [4.78, 5) is 10.3. The lowest BCUT2D eigenvalue weighted by Crippen LogP contribution is -3.00. The monoisotopic (exact) mass is 311 g/mol. The van der Waals surface area contributed by atoms with E-state index in [4.69, 9.17) is 0 Å². The highest BCUT2D eigenvalue weighted by molar-refractivity contribution is 7.92. The minimum Gasteiger partial charge on any atom is -1.00 e. The summed E-state index contributed by atoms with van der Waals surface area (Å²) < 4.78 is 26.5. The van der Waals surface area contributed by atoms with Crippen LogP contribution in [0.15, 0.2) is 53.4 Å². The van der Waals surface area contributed by atoms with Crippen LogP contribution in [0, 0.1) is 17.0 Å². The number of nitrogens with one attached hydrogen (secondary N) is 1. The molecule has 21 heavy (non-hydrogen) atoms. The normalized spacial score (nSPS) is 10.5. The first-order valence-electron chi connectivity index (χ1n) is 5.73. The number of anilines is 1. The lowest BCUT2D eigenvalue weighted by atomic mass is 10.2. The number of nitrogens with zero attached hydrogens (tertiary/aromatic N) is 1. The fourth-order valence-corrected chi connectivity index (χ4v) is 2.71. The van der Waals surface area contributed by atoms with Crippen LogP contribution in [-0.2, 0) is 10.0 Å². The summed E-state index contributed by atoms with van der Waals surface area (Å²) >= 11 is 0. The van der Waals surface area contributed by atoms with E-state index in [1.165, 1.54) is 36.4 Å². The van der Waals surface area contributed by atoms with Gasteiger partial charge in [0.2, 0.25) is 0 Å². The highest BCUT2D eigenvalue weighted by atomic mass is 32.2. The van der Waals surface area contributed by atoms with Gasteiger partial charge in [0, 0.05) is 6.07 Å². The molecule has 2 rings (SSSR count). The summed E-state index contributed by atoms with van der Waals surface area (Å²) in [6, 6.07) is 11.8. The van der Waals surface area contributed by atoms with Crippen molar-refractivity contribution in [2.45, 2.75) is 11.8 Å². The van der Waals surface area contributed by atoms with E-state index in [2.05, 4.69) is 4.72 Å². The first kappa shape index (κ1) is 16.6. The molecule has 6 nitrogen and oxygen atoms in total. The van der Waals surface area contributed by atoms with Crippen molar-refractivity contribution >= 4 is 21.4 Å². The predicted molar refractivity (Wildman–Crippen MR) is 75.1 cm³/mol. The van der Waals surface area contributed by atoms with Crippen LogP contribution in [0.25, 0.3) is 0 Å². The molecular formula is C13H12FN2O4S-. The maximum absolute atomic E-state index is 12.2. The number of nitro benzene ring substituents is 1. The molecule has 0 aromatic heterocycles. The van der Waals surface area contributed by atoms with E-state index >= 15 is 0 Å². The van der Waals surface area contributed by atoms with Crippen LogP contribution in [0.4, 0.5) is 11.4 Å². The van der Waals surface area contributed by atoms with Gasteiger partial charge in [0.25, 0.3) is 15.7 Å². The van der Waals surface area contributed by atoms with Crippen molar-refractivity contribution in [3.8, 4) is 0 Å². The number of nitro groups is 1. The van der Waals surface area contributed by atoms with Gasteiger partial charge in [0.1, 0.15) is 5.69 Å². The van der Waals surface area contributed by atoms with Gasteiger partial charge < -0.3 is 4.70 Å². The van der Waals surface area contributed by atoms with Gasteiger partial charge in [0.15, 0.2) is 0 Å². The number of sulfonamides is 1. The van der Waals surface area contributed by atoms with E-state index in [9.17, 15) is 18.5 Å². The summed E-state index contributed by atoms with van der Waals surface area (Å²) in [5.41, 5.74) is 0.580. The number of hydrogen-bond acceptors (Lipinski definition) is 4. The van der Waals surface area contributed by atoms with E-state index in [0.717, 1.165) is 5.56 Å². The average molecular weight is 311 g/mol. The Morgan fingerprint density at radius 3 is 2.19 bits per heavy atom. The number of halogens is 1. The van der Waals surface area contributed by atoms with Gasteiger partial charge in [-0.25, -0.2) is 8.42 Å². The molecule has 0 aliphatic carbocycles. The van der Waals surface area contributed by atoms with E-state index in [1.807, 2.05) is 6.92 Å². The Morgan fingerprint density at radius 2 is 1.62 bits per heavy atom. The molecule has 0 saturated carbocycles. The third kappa shape index (κ3) is 3.76. The molecule has 0 atom stereocenters. The molecule has 0 aliphatic heterocycles. The van der Waals surface area contributed by atoms with Crippen LogP contribution in [0.3, 0.4) is 0 Å². The van der Waals surface area contributed by atoms with Gasteiger partial charge in [-0.2, -0.15) is 0 Å². The molecule has 0 bridgehead atoms. The molecule has 0 spiro atoms. The van der Waals surface area contributed by atoms with Gasteiger partial charge >= 0.3 is 0 Å². The summed E-state index contributed by atoms with van der Waals surface area (Å²) in [6.07, 6.45) is 0. The molecule has 0 heterocycles. The van der Waals surface area contributed by atoms with Crippen molar-refractivity contribution in [1.29, 1.82) is 0 Å². The minimum atomic E-state index is -3.84. The Hall–Kier alpha value is -2.48. The second kappa shape index (κ2) is 6.31. The number of para-hydroxylation sites is 2. The Kier molecular flexibility index (Phi) is 4.98. The molecule has 112 valence electrons. The lowest BCUT2D eigenvalue weighted by Gasteiger charge is -2.08. The molecule has 0 aliphatic rings. The van der Waals surface area contributed by atoms with Gasteiger partial charge in [0.05, 0.1) is 9.82 Å². The Balaban J connectivity index is 0.00000220. The van der Waals surface area contributed by atoms with Crippen molar-refractivity contribution in [2.24, 2.45) is 0 Å². The van der Waals surface area contributed by atoms with Crippen molar-refractivity contribution in [3.05, 3.63) is 64.2 Å². The number of rotatable bonds is 4. The van der Waals surface area contributed by atoms with Gasteiger partial charge in [-0.05, 0) is 25.1 Å². The van der Waals surface area contributed by atoms with Crippen molar-refractivity contribution in [2.75, 3.05) is 4.72 Å². The van der Waals surface area contributed by atoms with Gasteiger partial charge in [-0.15, -0.1) is 0 Å². The molecule has 0 saturated heterocycles. The first-order chi connectivity index (χ1) is 9.40. The zero-order valence-electron chi connectivity index (χ0n) is 11.0. The second-order valence-electron chi connectivity index (χ2n) is 4.19. The quantitative estimate of drug-likeness (QED) is 0.620. The number of aryl methyl sites for hydroxylation is 1. The van der Waals surface area contributed by atoms with Crippen LogP contribution in [0.5, 0.6) is 0 Å². The third-order valence-electron chi connectivity index (χ3n) is 2.68. The molecule has 0 fully saturated rings. The van der Waals surface area contributed by atoms with Gasteiger partial charge in [-0.3, -0.25) is 14.8 Å². The van der Waals surface area contributed by atoms with E-state index < -0.39 is 14.9 Å². The summed E-state index contributed by atoms with van der Waals surface area (Å²) in [7, 11) is -3.84. The first-order valence-corrected chi connectivity index (χ1v) is 7.21. The summed E-state index contributed by atoms with van der Waals surface area (Å²) in [6.45, 7) is 1.84. The standard InChI is InChI=1S/C13H12N2O4S.FH/c1-10-6-8-11(9-7-10)20(18,19)14-12-4-2-3-5-13(12)15(16)17;/h2-9,14H,1H3;1H/p-1. The van der Waals surface area contributed by atoms with Crippen LogP contribution in [0.2, 0.25) is 0 Å². The molecule has 2 aromatic rings. The Morgan fingerprint density at radius 1 is 1.05 bits per heavy atom. The molecule has 2 aromatic carbocycles. The SMILES string of the molecule is Cc1ccc(S(=O)(=O)Nc2ccccc2[N+](=O)[O-])cc1.[F-]. The lowest BCUT2D eigenvalue weighted by molar-refractivity contribution is -0.383. The van der Waals surface area contributed by atoms with E-state index in [-0.39, 0.29) is 21.0 Å². The third-order valence-corrected chi connectivity index (χ3v) is 4.06. The molecular weight excluding hydrogens is 299 g/mol. The van der Waals surface area contributed by atoms with Crippen LogP contribution >= 0.6 is 0 Å². The summed E-state index contributed by atoms with van der Waals surface area (Å²) in [5, 5.41) is 10.9. The Bertz CT molecular complexity index is 745. The zero-order valence-corrected chi connectivity index (χ0v) is 11.8. The predicted octanol–water partition coefficient (Wildman–Crippen LogP) is -0.292. The van der Waals surface area contributed by atoms with Crippen LogP contribution in [-0.4, -0.2) is 13.3 Å². The molecule has 8 heteroatoms. The summed E-state index contributed by atoms with van der Waals surface area (Å²) in [5.74, 6) is 0. The molecule has 0 radical (unpaired) electrons.